The summed E-state index contributed by atoms with van der Waals surface area (Å²) in [5, 5.41) is 11.9. The molecule has 0 aliphatic rings. The van der Waals surface area contributed by atoms with Crippen molar-refractivity contribution in [3.8, 4) is 0 Å². The molecule has 0 aromatic rings. The molecule has 4 N–H and O–H groups in total. The predicted molar refractivity (Wildman–Crippen MR) is 206 cm³/mol. The van der Waals surface area contributed by atoms with Gasteiger partial charge < -0.3 is 20.9 Å². The van der Waals surface area contributed by atoms with E-state index in [2.05, 4.69) is 67.8 Å². The van der Waals surface area contributed by atoms with Crippen LogP contribution < -0.4 is 11.1 Å². The monoisotopic (exact) mass is 687 g/mol. The Labute approximate surface area is 300 Å². The number of unbranched alkanes of at least 4 members (excludes halogenated alkanes) is 15. The Morgan fingerprint density at radius 1 is 0.633 bits per heavy atom. The third-order valence-corrected chi connectivity index (χ3v) is 8.61. The number of hydrogen-bond donors (Lipinski definition) is 3. The first kappa shape index (κ1) is 46.3. The molecule has 7 heteroatoms. The highest BCUT2D eigenvalue weighted by molar-refractivity contribution is 5.83. The molecule has 0 fully saturated rings. The van der Waals surface area contributed by atoms with Crippen LogP contribution >= 0.6 is 0 Å². The van der Waals surface area contributed by atoms with E-state index in [1.54, 1.807) is 0 Å². The Hall–Kier alpha value is -2.67. The topological polar surface area (TPSA) is 119 Å². The lowest BCUT2D eigenvalue weighted by molar-refractivity contribution is -0.147. The number of carboxylic acid groups (broad SMARTS) is 1. The maximum atomic E-state index is 12.7. The molecule has 0 saturated carbocycles. The van der Waals surface area contributed by atoms with Gasteiger partial charge in [0.05, 0.1) is 0 Å². The van der Waals surface area contributed by atoms with Crippen LogP contribution in [0.1, 0.15) is 181 Å². The van der Waals surface area contributed by atoms with E-state index in [4.69, 9.17) is 10.5 Å². The zero-order chi connectivity index (χ0) is 36.0. The minimum absolute atomic E-state index is 0.101. The van der Waals surface area contributed by atoms with Gasteiger partial charge in [-0.25, -0.2) is 4.79 Å². The SMILES string of the molecule is CC/C=C\C/C=C\C/C=C\CCCCCCCCCC(=O)OC(/C=C\CCCCCCC)CCCCCCC(=O)NC(CCCN)C(=O)O. The number of esters is 1. The Bertz CT molecular complexity index is 911. The summed E-state index contributed by atoms with van der Waals surface area (Å²) >= 11 is 0. The van der Waals surface area contributed by atoms with Gasteiger partial charge >= 0.3 is 11.9 Å². The lowest BCUT2D eigenvalue weighted by Gasteiger charge is -2.15. The van der Waals surface area contributed by atoms with Crippen molar-refractivity contribution < 1.29 is 24.2 Å². The van der Waals surface area contributed by atoms with Crippen molar-refractivity contribution in [3.05, 3.63) is 48.6 Å². The van der Waals surface area contributed by atoms with E-state index in [9.17, 15) is 19.5 Å². The number of rotatable bonds is 35. The fraction of sp³-hybridized carbons (Fsp3) is 0.738. The number of amides is 1. The third kappa shape index (κ3) is 33.6. The predicted octanol–water partition coefficient (Wildman–Crippen LogP) is 10.8. The van der Waals surface area contributed by atoms with Crippen LogP contribution in [0.4, 0.5) is 0 Å². The second-order valence-corrected chi connectivity index (χ2v) is 13.3. The van der Waals surface area contributed by atoms with Gasteiger partial charge in [0.15, 0.2) is 0 Å². The standard InChI is InChI=1S/C42H74N2O5/c1-3-5-7-9-11-12-13-14-15-16-17-18-19-20-22-24-30-36-41(46)49-38(32-27-23-21-10-8-6-4-2)33-28-25-26-29-35-40(45)44-39(42(47)48)34-31-37-43/h5,7,11-12,14-15,27,32,38-39H,3-4,6,8-10,13,16-26,28-31,33-37,43H2,1-2H3,(H,44,45)(H,47,48)/b7-5-,12-11-,15-14-,32-27-. The first-order chi connectivity index (χ1) is 23.9. The minimum atomic E-state index is -1.02. The number of nitrogens with one attached hydrogen (secondary N) is 1. The van der Waals surface area contributed by atoms with Crippen LogP contribution in [0, 0.1) is 0 Å². The van der Waals surface area contributed by atoms with E-state index in [1.807, 2.05) is 0 Å². The van der Waals surface area contributed by atoms with Gasteiger partial charge in [0, 0.05) is 12.8 Å². The second-order valence-electron chi connectivity index (χ2n) is 13.3. The molecule has 2 unspecified atom stereocenters. The number of hydrogen-bond acceptors (Lipinski definition) is 5. The fourth-order valence-electron chi connectivity index (χ4n) is 5.61. The number of carbonyl (C=O) groups is 3. The molecule has 0 spiro atoms. The van der Waals surface area contributed by atoms with Gasteiger partial charge in [-0.2, -0.15) is 0 Å². The summed E-state index contributed by atoms with van der Waals surface area (Å²) in [5.74, 6) is -1.34. The second kappa shape index (κ2) is 36.6. The van der Waals surface area contributed by atoms with Gasteiger partial charge in [0.2, 0.25) is 5.91 Å². The Morgan fingerprint density at radius 2 is 1.18 bits per heavy atom. The molecule has 0 aliphatic carbocycles. The number of carboxylic acids is 1. The van der Waals surface area contributed by atoms with E-state index in [0.29, 0.717) is 38.6 Å². The molecule has 0 rings (SSSR count). The Kier molecular flexibility index (Phi) is 34.6. The van der Waals surface area contributed by atoms with E-state index >= 15 is 0 Å². The van der Waals surface area contributed by atoms with Gasteiger partial charge in [-0.3, -0.25) is 9.59 Å². The molecule has 0 heterocycles. The molecule has 0 aromatic heterocycles. The number of nitrogens with two attached hydrogens (primary N) is 1. The molecule has 0 saturated heterocycles. The molecule has 0 aromatic carbocycles. The zero-order valence-corrected chi connectivity index (χ0v) is 31.5. The lowest BCUT2D eigenvalue weighted by Crippen LogP contribution is -2.40. The summed E-state index contributed by atoms with van der Waals surface area (Å²) in [6.45, 7) is 4.79. The molecular formula is C42H74N2O5. The number of allylic oxidation sites excluding steroid dienone is 7. The largest absolute Gasteiger partial charge is 0.480 e. The van der Waals surface area contributed by atoms with Crippen molar-refractivity contribution >= 4 is 17.8 Å². The lowest BCUT2D eigenvalue weighted by atomic mass is 10.1. The maximum absolute atomic E-state index is 12.7. The van der Waals surface area contributed by atoms with E-state index in [-0.39, 0.29) is 18.0 Å². The molecule has 1 amide bonds. The highest BCUT2D eigenvalue weighted by Gasteiger charge is 2.19. The normalized spacial score (nSPS) is 13.2. The summed E-state index contributed by atoms with van der Waals surface area (Å²) in [5.41, 5.74) is 5.47. The van der Waals surface area contributed by atoms with E-state index in [1.165, 1.54) is 64.2 Å². The fourth-order valence-corrected chi connectivity index (χ4v) is 5.61. The molecule has 0 aliphatic heterocycles. The van der Waals surface area contributed by atoms with Gasteiger partial charge in [0.1, 0.15) is 12.1 Å². The Balaban J connectivity index is 4.25. The van der Waals surface area contributed by atoms with Crippen molar-refractivity contribution in [2.75, 3.05) is 6.54 Å². The number of ether oxygens (including phenoxy) is 1. The van der Waals surface area contributed by atoms with Crippen molar-refractivity contribution in [3.63, 3.8) is 0 Å². The number of carbonyl (C=O) groups excluding carboxylic acids is 2. The molecule has 49 heavy (non-hydrogen) atoms. The van der Waals surface area contributed by atoms with E-state index < -0.39 is 12.0 Å². The smallest absolute Gasteiger partial charge is 0.326 e. The summed E-state index contributed by atoms with van der Waals surface area (Å²) in [4.78, 5) is 36.2. The van der Waals surface area contributed by atoms with Crippen LogP contribution in [0.15, 0.2) is 48.6 Å². The third-order valence-electron chi connectivity index (χ3n) is 8.61. The van der Waals surface area contributed by atoms with Crippen molar-refractivity contribution in [1.82, 2.24) is 5.32 Å². The van der Waals surface area contributed by atoms with Crippen molar-refractivity contribution in [2.24, 2.45) is 5.73 Å². The number of aliphatic carboxylic acids is 1. The minimum Gasteiger partial charge on any atom is -0.480 e. The summed E-state index contributed by atoms with van der Waals surface area (Å²) in [6, 6.07) is -0.871. The highest BCUT2D eigenvalue weighted by Crippen LogP contribution is 2.15. The first-order valence-electron chi connectivity index (χ1n) is 20.0. The Morgan fingerprint density at radius 3 is 1.82 bits per heavy atom. The highest BCUT2D eigenvalue weighted by atomic mass is 16.5. The van der Waals surface area contributed by atoms with Crippen LogP contribution in [-0.2, 0) is 19.1 Å². The van der Waals surface area contributed by atoms with Crippen LogP contribution in [-0.4, -0.2) is 41.6 Å². The molecular weight excluding hydrogens is 612 g/mol. The van der Waals surface area contributed by atoms with Gasteiger partial charge in [-0.05, 0) is 96.1 Å². The zero-order valence-electron chi connectivity index (χ0n) is 31.5. The average Bonchev–Trinajstić information content (AvgIpc) is 3.08. The molecule has 0 bridgehead atoms. The van der Waals surface area contributed by atoms with Crippen molar-refractivity contribution in [2.45, 2.75) is 193 Å². The van der Waals surface area contributed by atoms with Gasteiger partial charge in [0.25, 0.3) is 0 Å². The van der Waals surface area contributed by atoms with Gasteiger partial charge in [-0.1, -0.05) is 127 Å². The van der Waals surface area contributed by atoms with E-state index in [0.717, 1.165) is 70.6 Å². The molecule has 0 radical (unpaired) electrons. The van der Waals surface area contributed by atoms with Crippen LogP contribution in [0.25, 0.3) is 0 Å². The van der Waals surface area contributed by atoms with Gasteiger partial charge in [-0.15, -0.1) is 0 Å². The first-order valence-corrected chi connectivity index (χ1v) is 20.0. The van der Waals surface area contributed by atoms with Crippen LogP contribution in [0.5, 0.6) is 0 Å². The average molecular weight is 687 g/mol. The molecule has 2 atom stereocenters. The summed E-state index contributed by atoms with van der Waals surface area (Å²) in [6.07, 6.45) is 43.1. The van der Waals surface area contributed by atoms with Crippen LogP contribution in [0.2, 0.25) is 0 Å². The quantitative estimate of drug-likeness (QED) is 0.0347. The molecule has 7 nitrogen and oxygen atoms in total. The maximum Gasteiger partial charge on any atom is 0.326 e. The van der Waals surface area contributed by atoms with Crippen LogP contribution in [0.3, 0.4) is 0 Å². The summed E-state index contributed by atoms with van der Waals surface area (Å²) in [7, 11) is 0. The molecule has 282 valence electrons. The summed E-state index contributed by atoms with van der Waals surface area (Å²) < 4.78 is 5.90. The van der Waals surface area contributed by atoms with Crippen molar-refractivity contribution in [1.29, 1.82) is 0 Å².